The van der Waals surface area contributed by atoms with Gasteiger partial charge in [-0.2, -0.15) is 5.10 Å². The molecule has 108 valence electrons. The number of aryl methyl sites for hydroxylation is 3. The summed E-state index contributed by atoms with van der Waals surface area (Å²) in [6, 6.07) is 5.10. The van der Waals surface area contributed by atoms with Crippen molar-refractivity contribution in [1.82, 2.24) is 9.78 Å². The molecule has 1 aromatic carbocycles. The van der Waals surface area contributed by atoms with Crippen molar-refractivity contribution in [3.63, 3.8) is 0 Å². The number of hydrogen-bond donors (Lipinski definition) is 1. The largest absolute Gasteiger partial charge is 0.276 e. The fourth-order valence-electron chi connectivity index (χ4n) is 1.95. The van der Waals surface area contributed by atoms with E-state index in [4.69, 9.17) is 0 Å². The molecule has 5 nitrogen and oxygen atoms in total. The summed E-state index contributed by atoms with van der Waals surface area (Å²) < 4.78 is 29.1. The lowest BCUT2D eigenvalue weighted by Crippen LogP contribution is -2.14. The normalized spacial score (nSPS) is 11.6. The number of rotatable bonds is 4. The van der Waals surface area contributed by atoms with Crippen molar-refractivity contribution >= 4 is 15.7 Å². The Morgan fingerprint density at radius 1 is 1.20 bits per heavy atom. The van der Waals surface area contributed by atoms with Gasteiger partial charge in [-0.05, 0) is 51.0 Å². The van der Waals surface area contributed by atoms with Gasteiger partial charge in [0.2, 0.25) is 0 Å². The molecule has 0 aliphatic carbocycles. The topological polar surface area (TPSA) is 64.0 Å². The van der Waals surface area contributed by atoms with E-state index < -0.39 is 10.0 Å². The SMILES string of the molecule is CCn1ncc(NS(=O)(=O)c2ccc(C)c(C)c2)c1C. The number of aromatic nitrogens is 2. The second-order valence-electron chi connectivity index (χ2n) is 4.81. The van der Waals surface area contributed by atoms with E-state index in [-0.39, 0.29) is 4.90 Å². The summed E-state index contributed by atoms with van der Waals surface area (Å²) in [6.07, 6.45) is 1.54. The van der Waals surface area contributed by atoms with Gasteiger partial charge in [0, 0.05) is 6.54 Å². The highest BCUT2D eigenvalue weighted by atomic mass is 32.2. The fraction of sp³-hybridized carbons (Fsp3) is 0.357. The molecule has 0 fully saturated rings. The van der Waals surface area contributed by atoms with Gasteiger partial charge in [0.15, 0.2) is 0 Å². The molecule has 2 aromatic rings. The maximum absolute atomic E-state index is 12.4. The van der Waals surface area contributed by atoms with Crippen LogP contribution in [-0.4, -0.2) is 18.2 Å². The molecule has 1 heterocycles. The summed E-state index contributed by atoms with van der Waals surface area (Å²) in [5.74, 6) is 0. The number of anilines is 1. The molecule has 0 saturated carbocycles. The maximum Gasteiger partial charge on any atom is 0.262 e. The summed E-state index contributed by atoms with van der Waals surface area (Å²) in [5.41, 5.74) is 3.35. The van der Waals surface area contributed by atoms with Gasteiger partial charge in [-0.1, -0.05) is 6.07 Å². The Hall–Kier alpha value is -1.82. The van der Waals surface area contributed by atoms with Gasteiger partial charge in [-0.3, -0.25) is 9.40 Å². The molecule has 0 bridgehead atoms. The molecule has 0 aliphatic heterocycles. The van der Waals surface area contributed by atoms with Crippen LogP contribution in [0.4, 0.5) is 5.69 Å². The molecule has 0 unspecified atom stereocenters. The molecule has 1 aromatic heterocycles. The molecule has 0 spiro atoms. The van der Waals surface area contributed by atoms with Gasteiger partial charge >= 0.3 is 0 Å². The van der Waals surface area contributed by atoms with Gasteiger partial charge in [-0.25, -0.2) is 8.42 Å². The van der Waals surface area contributed by atoms with Crippen molar-refractivity contribution in [3.05, 3.63) is 41.2 Å². The first-order valence-electron chi connectivity index (χ1n) is 6.47. The molecule has 2 rings (SSSR count). The predicted molar refractivity (Wildman–Crippen MR) is 79.4 cm³/mol. The minimum Gasteiger partial charge on any atom is -0.276 e. The van der Waals surface area contributed by atoms with Crippen LogP contribution in [0.2, 0.25) is 0 Å². The van der Waals surface area contributed by atoms with Crippen LogP contribution in [-0.2, 0) is 16.6 Å². The summed E-state index contributed by atoms with van der Waals surface area (Å²) in [6.45, 7) is 8.36. The summed E-state index contributed by atoms with van der Waals surface area (Å²) in [5, 5.41) is 4.13. The maximum atomic E-state index is 12.4. The van der Waals surface area contributed by atoms with E-state index in [2.05, 4.69) is 9.82 Å². The third-order valence-electron chi connectivity index (χ3n) is 3.44. The number of nitrogens with one attached hydrogen (secondary N) is 1. The van der Waals surface area contributed by atoms with Gasteiger partial charge in [-0.15, -0.1) is 0 Å². The molecule has 0 radical (unpaired) electrons. The minimum absolute atomic E-state index is 0.268. The molecule has 0 saturated heterocycles. The zero-order valence-electron chi connectivity index (χ0n) is 12.1. The Labute approximate surface area is 119 Å². The summed E-state index contributed by atoms with van der Waals surface area (Å²) in [4.78, 5) is 0.268. The van der Waals surface area contributed by atoms with E-state index in [9.17, 15) is 8.42 Å². The zero-order valence-corrected chi connectivity index (χ0v) is 13.0. The average Bonchev–Trinajstić information content (AvgIpc) is 2.73. The van der Waals surface area contributed by atoms with Gasteiger partial charge < -0.3 is 0 Å². The third kappa shape index (κ3) is 2.70. The molecule has 1 N–H and O–H groups in total. The van der Waals surface area contributed by atoms with Crippen molar-refractivity contribution in [2.75, 3.05) is 4.72 Å². The van der Waals surface area contributed by atoms with Crippen LogP contribution in [0.1, 0.15) is 23.7 Å². The fourth-order valence-corrected chi connectivity index (χ4v) is 3.14. The van der Waals surface area contributed by atoms with Crippen LogP contribution >= 0.6 is 0 Å². The van der Waals surface area contributed by atoms with Crippen LogP contribution < -0.4 is 4.72 Å². The van der Waals surface area contributed by atoms with Crippen molar-refractivity contribution < 1.29 is 8.42 Å². The molecule has 20 heavy (non-hydrogen) atoms. The number of hydrogen-bond acceptors (Lipinski definition) is 3. The Kier molecular flexibility index (Phi) is 3.85. The van der Waals surface area contributed by atoms with Crippen LogP contribution in [0.15, 0.2) is 29.3 Å². The van der Waals surface area contributed by atoms with Gasteiger partial charge in [0.05, 0.1) is 22.5 Å². The molecular weight excluding hydrogens is 274 g/mol. The van der Waals surface area contributed by atoms with E-state index in [1.54, 1.807) is 16.8 Å². The first-order chi connectivity index (χ1) is 9.35. The number of benzene rings is 1. The van der Waals surface area contributed by atoms with Crippen LogP contribution in [0.3, 0.4) is 0 Å². The van der Waals surface area contributed by atoms with E-state index in [0.717, 1.165) is 16.8 Å². The smallest absolute Gasteiger partial charge is 0.262 e. The summed E-state index contributed by atoms with van der Waals surface area (Å²) >= 11 is 0. The molecule has 0 aliphatic rings. The van der Waals surface area contributed by atoms with E-state index in [1.165, 1.54) is 6.20 Å². The monoisotopic (exact) mass is 293 g/mol. The van der Waals surface area contributed by atoms with Crippen LogP contribution in [0, 0.1) is 20.8 Å². The first-order valence-corrected chi connectivity index (χ1v) is 7.96. The lowest BCUT2D eigenvalue weighted by atomic mass is 10.1. The van der Waals surface area contributed by atoms with E-state index in [1.807, 2.05) is 33.8 Å². The number of nitrogens with zero attached hydrogens (tertiary/aromatic N) is 2. The Bertz CT molecular complexity index is 733. The van der Waals surface area contributed by atoms with Crippen molar-refractivity contribution in [2.45, 2.75) is 39.1 Å². The van der Waals surface area contributed by atoms with Crippen molar-refractivity contribution in [1.29, 1.82) is 0 Å². The zero-order chi connectivity index (χ0) is 14.9. The van der Waals surface area contributed by atoms with E-state index >= 15 is 0 Å². The van der Waals surface area contributed by atoms with Crippen molar-refractivity contribution in [3.8, 4) is 0 Å². The minimum atomic E-state index is -3.57. The number of sulfonamides is 1. The molecule has 0 amide bonds. The van der Waals surface area contributed by atoms with Crippen LogP contribution in [0.25, 0.3) is 0 Å². The lowest BCUT2D eigenvalue weighted by Gasteiger charge is -2.09. The standard InChI is InChI=1S/C14H19N3O2S/c1-5-17-12(4)14(9-15-17)16-20(18,19)13-7-6-10(2)11(3)8-13/h6-9,16H,5H2,1-4H3. The van der Waals surface area contributed by atoms with Gasteiger partial charge in [0.25, 0.3) is 10.0 Å². The molecular formula is C14H19N3O2S. The average molecular weight is 293 g/mol. The summed E-state index contributed by atoms with van der Waals surface area (Å²) in [7, 11) is -3.57. The second-order valence-corrected chi connectivity index (χ2v) is 6.49. The second kappa shape index (κ2) is 5.28. The highest BCUT2D eigenvalue weighted by Crippen LogP contribution is 2.21. The Balaban J connectivity index is 2.35. The third-order valence-corrected chi connectivity index (χ3v) is 4.80. The Morgan fingerprint density at radius 3 is 2.45 bits per heavy atom. The highest BCUT2D eigenvalue weighted by molar-refractivity contribution is 7.92. The quantitative estimate of drug-likeness (QED) is 0.942. The Morgan fingerprint density at radius 2 is 1.90 bits per heavy atom. The van der Waals surface area contributed by atoms with Crippen molar-refractivity contribution in [2.24, 2.45) is 0 Å². The lowest BCUT2D eigenvalue weighted by molar-refractivity contribution is 0.601. The first kappa shape index (κ1) is 14.6. The highest BCUT2D eigenvalue weighted by Gasteiger charge is 2.17. The van der Waals surface area contributed by atoms with Crippen LogP contribution in [0.5, 0.6) is 0 Å². The van der Waals surface area contributed by atoms with E-state index in [0.29, 0.717) is 12.2 Å². The molecule has 0 atom stereocenters. The van der Waals surface area contributed by atoms with Gasteiger partial charge in [0.1, 0.15) is 0 Å². The predicted octanol–water partition coefficient (Wildman–Crippen LogP) is 2.63. The molecule has 6 heteroatoms.